The van der Waals surface area contributed by atoms with Gasteiger partial charge in [0.2, 0.25) is 0 Å². The molecule has 0 aliphatic carbocycles. The van der Waals surface area contributed by atoms with E-state index in [1.165, 1.54) is 19.2 Å². The Morgan fingerprint density at radius 3 is 2.21 bits per heavy atom. The Morgan fingerprint density at radius 2 is 1.50 bits per heavy atom. The van der Waals surface area contributed by atoms with Gasteiger partial charge in [-0.05, 0) is 36.4 Å². The van der Waals surface area contributed by atoms with Gasteiger partial charge in [-0.15, -0.1) is 0 Å². The highest BCUT2D eigenvalue weighted by Gasteiger charge is 2.19. The number of esters is 1. The van der Waals surface area contributed by atoms with Crippen LogP contribution in [-0.2, 0) is 9.47 Å². The number of phenols is 2. The number of aromatic nitrogens is 3. The Balaban J connectivity index is 1.91. The number of para-hydroxylation sites is 1. The van der Waals surface area contributed by atoms with E-state index in [2.05, 4.69) is 20.3 Å². The maximum atomic E-state index is 11.8. The number of carbonyl (C=O) groups is 1. The zero-order chi connectivity index (χ0) is 24.1. The molecule has 0 saturated heterocycles. The van der Waals surface area contributed by atoms with Gasteiger partial charge in [-0.1, -0.05) is 30.3 Å². The summed E-state index contributed by atoms with van der Waals surface area (Å²) in [5.74, 6) is 0.207. The van der Waals surface area contributed by atoms with Gasteiger partial charge >= 0.3 is 5.97 Å². The SMILES string of the molecule is COCNc1cccc(O)c1-c1nc(-c2ccc(C(=O)OC)cc2)nc(-c2ccccc2O)n1. The van der Waals surface area contributed by atoms with E-state index in [1.54, 1.807) is 61.7 Å². The van der Waals surface area contributed by atoms with Gasteiger partial charge < -0.3 is 25.0 Å². The maximum Gasteiger partial charge on any atom is 0.337 e. The molecule has 34 heavy (non-hydrogen) atoms. The molecule has 1 aromatic heterocycles. The fourth-order valence-electron chi connectivity index (χ4n) is 3.35. The van der Waals surface area contributed by atoms with Gasteiger partial charge in [0.15, 0.2) is 17.5 Å². The standard InChI is InChI=1S/C25H22N4O5/c1-33-14-26-18-7-5-9-20(31)21(18)24-28-22(15-10-12-16(13-11-15)25(32)34-2)27-23(29-24)17-6-3-4-8-19(17)30/h3-13,26,30-31H,14H2,1-2H3. The number of phenolic OH excluding ortho intramolecular Hbond substituents is 2. The summed E-state index contributed by atoms with van der Waals surface area (Å²) >= 11 is 0. The Morgan fingerprint density at radius 1 is 0.824 bits per heavy atom. The largest absolute Gasteiger partial charge is 0.507 e. The van der Waals surface area contributed by atoms with Crippen molar-refractivity contribution < 1.29 is 24.5 Å². The molecule has 0 aliphatic rings. The van der Waals surface area contributed by atoms with Crippen molar-refractivity contribution in [3.8, 4) is 45.7 Å². The minimum Gasteiger partial charge on any atom is -0.507 e. The molecule has 0 amide bonds. The number of aromatic hydroxyl groups is 2. The van der Waals surface area contributed by atoms with Gasteiger partial charge in [0, 0.05) is 12.7 Å². The first kappa shape index (κ1) is 22.7. The van der Waals surface area contributed by atoms with Gasteiger partial charge in [0.25, 0.3) is 0 Å². The molecule has 0 saturated carbocycles. The summed E-state index contributed by atoms with van der Waals surface area (Å²) in [4.78, 5) is 25.5. The Labute approximate surface area is 195 Å². The molecule has 9 nitrogen and oxygen atoms in total. The summed E-state index contributed by atoms with van der Waals surface area (Å²) in [7, 11) is 2.86. The van der Waals surface area contributed by atoms with Crippen molar-refractivity contribution in [2.24, 2.45) is 0 Å². The van der Waals surface area contributed by atoms with Crippen LogP contribution >= 0.6 is 0 Å². The molecule has 3 aromatic carbocycles. The normalized spacial score (nSPS) is 10.6. The molecule has 172 valence electrons. The molecule has 9 heteroatoms. The van der Waals surface area contributed by atoms with E-state index in [0.717, 1.165) is 0 Å². The van der Waals surface area contributed by atoms with Crippen LogP contribution in [0.2, 0.25) is 0 Å². The molecular formula is C25H22N4O5. The van der Waals surface area contributed by atoms with Crippen molar-refractivity contribution in [1.29, 1.82) is 0 Å². The third-order valence-corrected chi connectivity index (χ3v) is 5.02. The molecule has 4 rings (SSSR count). The van der Waals surface area contributed by atoms with Crippen LogP contribution in [0, 0.1) is 0 Å². The van der Waals surface area contributed by atoms with Crippen LogP contribution in [0.1, 0.15) is 10.4 Å². The molecule has 4 aromatic rings. The first-order valence-electron chi connectivity index (χ1n) is 10.3. The number of ether oxygens (including phenoxy) is 2. The van der Waals surface area contributed by atoms with E-state index in [0.29, 0.717) is 33.8 Å². The molecule has 0 radical (unpaired) electrons. The predicted octanol–water partition coefficient (Wildman–Crippen LogP) is 4.09. The topological polar surface area (TPSA) is 127 Å². The van der Waals surface area contributed by atoms with Crippen LogP contribution in [-0.4, -0.2) is 52.1 Å². The Kier molecular flexibility index (Phi) is 6.65. The monoisotopic (exact) mass is 458 g/mol. The summed E-state index contributed by atoms with van der Waals surface area (Å²) < 4.78 is 9.86. The third kappa shape index (κ3) is 4.64. The molecule has 0 fully saturated rings. The minimum absolute atomic E-state index is 0.00153. The average molecular weight is 458 g/mol. The fourth-order valence-corrected chi connectivity index (χ4v) is 3.35. The van der Waals surface area contributed by atoms with Crippen molar-refractivity contribution in [1.82, 2.24) is 15.0 Å². The molecule has 1 heterocycles. The summed E-state index contributed by atoms with van der Waals surface area (Å²) in [5.41, 5.74) is 2.30. The lowest BCUT2D eigenvalue weighted by Crippen LogP contribution is -2.06. The zero-order valence-electron chi connectivity index (χ0n) is 18.5. The molecule has 0 aliphatic heterocycles. The van der Waals surface area contributed by atoms with Crippen molar-refractivity contribution in [2.45, 2.75) is 0 Å². The molecular weight excluding hydrogens is 436 g/mol. The number of benzene rings is 3. The minimum atomic E-state index is -0.458. The van der Waals surface area contributed by atoms with E-state index >= 15 is 0 Å². The first-order valence-corrected chi connectivity index (χ1v) is 10.3. The number of hydrogen-bond donors (Lipinski definition) is 3. The number of hydrogen-bond acceptors (Lipinski definition) is 9. The second-order valence-corrected chi connectivity index (χ2v) is 7.20. The number of nitrogens with zero attached hydrogens (tertiary/aromatic N) is 3. The van der Waals surface area contributed by atoms with E-state index in [4.69, 9.17) is 9.47 Å². The second-order valence-electron chi connectivity index (χ2n) is 7.20. The lowest BCUT2D eigenvalue weighted by Gasteiger charge is -2.14. The van der Waals surface area contributed by atoms with Gasteiger partial charge in [-0.2, -0.15) is 0 Å². The third-order valence-electron chi connectivity index (χ3n) is 5.02. The summed E-state index contributed by atoms with van der Waals surface area (Å²) in [5, 5.41) is 24.1. The maximum absolute atomic E-state index is 11.8. The van der Waals surface area contributed by atoms with E-state index in [-0.39, 0.29) is 29.9 Å². The highest BCUT2D eigenvalue weighted by atomic mass is 16.5. The number of rotatable bonds is 7. The van der Waals surface area contributed by atoms with Crippen molar-refractivity contribution in [2.75, 3.05) is 26.3 Å². The van der Waals surface area contributed by atoms with Gasteiger partial charge in [-0.25, -0.2) is 19.7 Å². The summed E-state index contributed by atoms with van der Waals surface area (Å²) in [6.45, 7) is 0.204. The van der Waals surface area contributed by atoms with E-state index in [1.807, 2.05) is 0 Å². The van der Waals surface area contributed by atoms with Crippen LogP contribution < -0.4 is 5.32 Å². The van der Waals surface area contributed by atoms with Crippen LogP contribution in [0.3, 0.4) is 0 Å². The Hall–Kier alpha value is -4.50. The quantitative estimate of drug-likeness (QED) is 0.277. The van der Waals surface area contributed by atoms with E-state index < -0.39 is 5.97 Å². The van der Waals surface area contributed by atoms with Gasteiger partial charge in [-0.3, -0.25) is 0 Å². The van der Waals surface area contributed by atoms with Crippen LogP contribution in [0.25, 0.3) is 34.2 Å². The highest BCUT2D eigenvalue weighted by Crippen LogP contribution is 2.36. The second kappa shape index (κ2) is 9.97. The highest BCUT2D eigenvalue weighted by molar-refractivity contribution is 5.90. The summed E-state index contributed by atoms with van der Waals surface area (Å²) in [6, 6.07) is 18.3. The molecule has 3 N–H and O–H groups in total. The van der Waals surface area contributed by atoms with Crippen molar-refractivity contribution >= 4 is 11.7 Å². The van der Waals surface area contributed by atoms with Crippen LogP contribution in [0.15, 0.2) is 66.7 Å². The molecule has 0 atom stereocenters. The Bertz CT molecular complexity index is 1330. The van der Waals surface area contributed by atoms with Gasteiger partial charge in [0.05, 0.1) is 29.5 Å². The number of carbonyl (C=O) groups excluding carboxylic acids is 1. The van der Waals surface area contributed by atoms with Gasteiger partial charge in [0.1, 0.15) is 18.2 Å². The van der Waals surface area contributed by atoms with E-state index in [9.17, 15) is 15.0 Å². The smallest absolute Gasteiger partial charge is 0.337 e. The van der Waals surface area contributed by atoms with Crippen LogP contribution in [0.5, 0.6) is 11.5 Å². The fraction of sp³-hybridized carbons (Fsp3) is 0.120. The van der Waals surface area contributed by atoms with Crippen LogP contribution in [0.4, 0.5) is 5.69 Å². The molecule has 0 bridgehead atoms. The number of anilines is 1. The molecule has 0 spiro atoms. The number of methoxy groups -OCH3 is 2. The predicted molar refractivity (Wildman–Crippen MR) is 126 cm³/mol. The number of nitrogens with one attached hydrogen (secondary N) is 1. The average Bonchev–Trinajstić information content (AvgIpc) is 2.87. The molecule has 0 unspecified atom stereocenters. The zero-order valence-corrected chi connectivity index (χ0v) is 18.5. The van der Waals surface area contributed by atoms with Crippen molar-refractivity contribution in [3.63, 3.8) is 0 Å². The lowest BCUT2D eigenvalue weighted by molar-refractivity contribution is 0.0600. The van der Waals surface area contributed by atoms with Crippen molar-refractivity contribution in [3.05, 3.63) is 72.3 Å². The first-order chi connectivity index (χ1) is 16.5. The summed E-state index contributed by atoms with van der Waals surface area (Å²) in [6.07, 6.45) is 0. The lowest BCUT2D eigenvalue weighted by atomic mass is 10.1.